The number of anilines is 2. The number of aromatic nitrogens is 1. The molecule has 1 N–H and O–H groups in total. The van der Waals surface area contributed by atoms with Crippen molar-refractivity contribution < 1.29 is 4.42 Å². The normalized spacial score (nSPS) is 17.0. The summed E-state index contributed by atoms with van der Waals surface area (Å²) in [7, 11) is 0. The third kappa shape index (κ3) is 4.36. The van der Waals surface area contributed by atoms with Gasteiger partial charge in [-0.15, -0.1) is 0 Å². The van der Waals surface area contributed by atoms with Crippen LogP contribution in [0, 0.1) is 19.3 Å². The lowest BCUT2D eigenvalue weighted by atomic mass is 9.82. The Morgan fingerprint density at radius 3 is 2.61 bits per heavy atom. The molecule has 0 bridgehead atoms. The lowest BCUT2D eigenvalue weighted by Gasteiger charge is -2.37. The van der Waals surface area contributed by atoms with Crippen LogP contribution < -0.4 is 15.6 Å². The van der Waals surface area contributed by atoms with Crippen molar-refractivity contribution >= 4 is 38.5 Å². The number of nitrogens with zero attached hydrogens (tertiary/aromatic N) is 2. The van der Waals surface area contributed by atoms with Crippen molar-refractivity contribution in [3.63, 3.8) is 0 Å². The minimum atomic E-state index is -0.0677. The highest BCUT2D eigenvalue weighted by molar-refractivity contribution is 9.10. The van der Waals surface area contributed by atoms with E-state index in [0.29, 0.717) is 27.8 Å². The van der Waals surface area contributed by atoms with E-state index in [-0.39, 0.29) is 11.5 Å². The van der Waals surface area contributed by atoms with Gasteiger partial charge in [0, 0.05) is 24.8 Å². The number of benzene rings is 1. The third-order valence-electron chi connectivity index (χ3n) is 6.37. The van der Waals surface area contributed by atoms with Gasteiger partial charge in [-0.05, 0) is 78.7 Å². The van der Waals surface area contributed by atoms with E-state index in [4.69, 9.17) is 4.42 Å². The number of rotatable bonds is 4. The summed E-state index contributed by atoms with van der Waals surface area (Å²) in [6.45, 7) is 12.4. The van der Waals surface area contributed by atoms with Crippen LogP contribution in [0.4, 0.5) is 11.6 Å². The molecule has 0 radical (unpaired) electrons. The molecule has 1 fully saturated rings. The Labute approximate surface area is 192 Å². The first-order valence-corrected chi connectivity index (χ1v) is 11.7. The second kappa shape index (κ2) is 8.30. The summed E-state index contributed by atoms with van der Waals surface area (Å²) in [5.74, 6) is 0.716. The average molecular weight is 484 g/mol. The Morgan fingerprint density at radius 1 is 1.23 bits per heavy atom. The molecule has 0 aliphatic carbocycles. The SMILES string of the molecule is Cc1cc([C@@H](C)Nc2cccnc2Br)c2oc(N3CCC(C)(C)CC3)c(C)c(=O)c2c1. The molecule has 1 saturated heterocycles. The Hall–Kier alpha value is -2.34. The molecule has 4 rings (SSSR count). The van der Waals surface area contributed by atoms with Crippen LogP contribution >= 0.6 is 15.9 Å². The van der Waals surface area contributed by atoms with E-state index in [1.165, 1.54) is 0 Å². The van der Waals surface area contributed by atoms with Gasteiger partial charge in [-0.1, -0.05) is 19.9 Å². The number of hydrogen-bond acceptors (Lipinski definition) is 5. The standard InChI is InChI=1S/C25H30BrN3O2/c1-15-13-18(17(3)28-20-7-6-10-27-23(20)26)22-19(14-15)21(30)16(2)24(31-22)29-11-8-25(4,5)9-12-29/h6-7,10,13-14,17,28H,8-9,11-12H2,1-5H3/t17-/m1/s1. The first-order valence-electron chi connectivity index (χ1n) is 10.9. The topological polar surface area (TPSA) is 58.4 Å². The van der Waals surface area contributed by atoms with Gasteiger partial charge in [-0.25, -0.2) is 4.98 Å². The predicted molar refractivity (Wildman–Crippen MR) is 131 cm³/mol. The van der Waals surface area contributed by atoms with E-state index in [2.05, 4.69) is 58.0 Å². The van der Waals surface area contributed by atoms with Gasteiger partial charge in [0.25, 0.3) is 0 Å². The number of pyridine rings is 1. The summed E-state index contributed by atoms with van der Waals surface area (Å²) < 4.78 is 7.27. The van der Waals surface area contributed by atoms with E-state index >= 15 is 0 Å². The second-order valence-electron chi connectivity index (χ2n) is 9.45. The zero-order valence-corrected chi connectivity index (χ0v) is 20.5. The predicted octanol–water partition coefficient (Wildman–Crippen LogP) is 6.37. The summed E-state index contributed by atoms with van der Waals surface area (Å²) in [6, 6.07) is 7.85. The third-order valence-corrected chi connectivity index (χ3v) is 7.00. The zero-order chi connectivity index (χ0) is 22.3. The number of fused-ring (bicyclic) bond motifs is 1. The molecule has 0 unspecified atom stereocenters. The minimum Gasteiger partial charge on any atom is -0.440 e. The van der Waals surface area contributed by atoms with Crippen LogP contribution in [0.2, 0.25) is 0 Å². The van der Waals surface area contributed by atoms with Crippen molar-refractivity contribution in [2.75, 3.05) is 23.3 Å². The van der Waals surface area contributed by atoms with Crippen molar-refractivity contribution in [3.05, 3.63) is 62.0 Å². The Bertz CT molecular complexity index is 1180. The fraction of sp³-hybridized carbons (Fsp3) is 0.440. The van der Waals surface area contributed by atoms with Gasteiger partial charge in [0.15, 0.2) is 5.43 Å². The summed E-state index contributed by atoms with van der Waals surface area (Å²) in [5, 5.41) is 4.15. The summed E-state index contributed by atoms with van der Waals surface area (Å²) >= 11 is 3.50. The largest absolute Gasteiger partial charge is 0.440 e. The number of nitrogens with one attached hydrogen (secondary N) is 1. The lowest BCUT2D eigenvalue weighted by molar-refractivity contribution is 0.274. The first kappa shape index (κ1) is 21.9. The average Bonchev–Trinajstić information content (AvgIpc) is 2.72. The maximum Gasteiger partial charge on any atom is 0.202 e. The van der Waals surface area contributed by atoms with Crippen LogP contribution in [0.15, 0.2) is 44.3 Å². The molecule has 31 heavy (non-hydrogen) atoms. The van der Waals surface area contributed by atoms with Gasteiger partial charge in [0.05, 0.1) is 22.7 Å². The molecule has 164 valence electrons. The van der Waals surface area contributed by atoms with Gasteiger partial charge in [-0.3, -0.25) is 4.79 Å². The summed E-state index contributed by atoms with van der Waals surface area (Å²) in [4.78, 5) is 19.9. The van der Waals surface area contributed by atoms with Crippen molar-refractivity contribution in [1.82, 2.24) is 4.98 Å². The van der Waals surface area contributed by atoms with E-state index in [1.807, 2.05) is 32.0 Å². The van der Waals surface area contributed by atoms with Gasteiger partial charge in [0.2, 0.25) is 5.88 Å². The summed E-state index contributed by atoms with van der Waals surface area (Å²) in [5.41, 5.74) is 4.67. The molecule has 0 saturated carbocycles. The van der Waals surface area contributed by atoms with Gasteiger partial charge >= 0.3 is 0 Å². The van der Waals surface area contributed by atoms with Crippen LogP contribution in [0.3, 0.4) is 0 Å². The first-order chi connectivity index (χ1) is 14.7. The van der Waals surface area contributed by atoms with E-state index in [9.17, 15) is 4.79 Å². The van der Waals surface area contributed by atoms with Gasteiger partial charge in [-0.2, -0.15) is 0 Å². The second-order valence-corrected chi connectivity index (χ2v) is 10.2. The smallest absolute Gasteiger partial charge is 0.202 e. The van der Waals surface area contributed by atoms with Crippen molar-refractivity contribution in [2.24, 2.45) is 5.41 Å². The highest BCUT2D eigenvalue weighted by Gasteiger charge is 2.28. The molecular formula is C25H30BrN3O2. The van der Waals surface area contributed by atoms with Gasteiger partial charge < -0.3 is 14.6 Å². The van der Waals surface area contributed by atoms with E-state index in [0.717, 1.165) is 47.3 Å². The van der Waals surface area contributed by atoms with Crippen molar-refractivity contribution in [3.8, 4) is 0 Å². The molecular weight excluding hydrogens is 454 g/mol. The van der Waals surface area contributed by atoms with Gasteiger partial charge in [0.1, 0.15) is 10.2 Å². The molecule has 0 amide bonds. The Kier molecular flexibility index (Phi) is 5.86. The van der Waals surface area contributed by atoms with Crippen molar-refractivity contribution in [1.29, 1.82) is 0 Å². The summed E-state index contributed by atoms with van der Waals surface area (Å²) in [6.07, 6.45) is 3.92. The number of piperidine rings is 1. The van der Waals surface area contributed by atoms with Crippen LogP contribution in [0.25, 0.3) is 11.0 Å². The van der Waals surface area contributed by atoms with Crippen LogP contribution in [-0.2, 0) is 0 Å². The molecule has 1 aliphatic rings. The van der Waals surface area contributed by atoms with Crippen molar-refractivity contribution in [2.45, 2.75) is 53.5 Å². The Balaban J connectivity index is 1.80. The molecule has 5 nitrogen and oxygen atoms in total. The fourth-order valence-electron chi connectivity index (χ4n) is 4.30. The molecule has 2 aromatic heterocycles. The molecule has 0 spiro atoms. The molecule has 1 aromatic carbocycles. The van der Waals surface area contributed by atoms with E-state index in [1.54, 1.807) is 6.20 Å². The molecule has 1 atom stereocenters. The van der Waals surface area contributed by atoms with Crippen LogP contribution in [-0.4, -0.2) is 18.1 Å². The quantitative estimate of drug-likeness (QED) is 0.437. The zero-order valence-electron chi connectivity index (χ0n) is 18.9. The van der Waals surface area contributed by atoms with Crippen LogP contribution in [0.1, 0.15) is 56.3 Å². The highest BCUT2D eigenvalue weighted by Crippen LogP contribution is 2.36. The van der Waals surface area contributed by atoms with E-state index < -0.39 is 0 Å². The monoisotopic (exact) mass is 483 g/mol. The molecule has 1 aliphatic heterocycles. The maximum absolute atomic E-state index is 13.3. The highest BCUT2D eigenvalue weighted by atomic mass is 79.9. The fourth-order valence-corrected chi connectivity index (χ4v) is 4.66. The number of halogens is 1. The maximum atomic E-state index is 13.3. The number of hydrogen-bond donors (Lipinski definition) is 1. The number of aryl methyl sites for hydroxylation is 1. The molecule has 6 heteroatoms. The molecule has 3 heterocycles. The minimum absolute atomic E-state index is 0.0563. The Morgan fingerprint density at radius 2 is 1.94 bits per heavy atom. The lowest BCUT2D eigenvalue weighted by Crippen LogP contribution is -2.38. The van der Waals surface area contributed by atoms with Crippen LogP contribution in [0.5, 0.6) is 0 Å². The molecule has 3 aromatic rings.